The van der Waals surface area contributed by atoms with Crippen LogP contribution in [0.25, 0.3) is 0 Å². The van der Waals surface area contributed by atoms with Gasteiger partial charge in [0.15, 0.2) is 0 Å². The zero-order valence-corrected chi connectivity index (χ0v) is 6.66. The molecule has 0 saturated carbocycles. The van der Waals surface area contributed by atoms with E-state index in [1.165, 1.54) is 0 Å². The molecule has 0 aliphatic carbocycles. The average molecular weight is 146 g/mol. The number of rotatable bonds is 5. The van der Waals surface area contributed by atoms with Gasteiger partial charge >= 0.3 is 0 Å². The van der Waals surface area contributed by atoms with E-state index in [-0.39, 0.29) is 6.10 Å². The van der Waals surface area contributed by atoms with Crippen LogP contribution in [0.15, 0.2) is 12.7 Å². The fourth-order valence-corrected chi connectivity index (χ4v) is 1.22. The van der Waals surface area contributed by atoms with Gasteiger partial charge in [-0.05, 0) is 6.42 Å². The van der Waals surface area contributed by atoms with Gasteiger partial charge in [0.05, 0.1) is 6.10 Å². The molecule has 0 bridgehead atoms. The van der Waals surface area contributed by atoms with Crippen molar-refractivity contribution in [2.24, 2.45) is 0 Å². The van der Waals surface area contributed by atoms with E-state index in [0.717, 1.165) is 17.9 Å². The summed E-state index contributed by atoms with van der Waals surface area (Å²) >= 11 is 1.72. The van der Waals surface area contributed by atoms with Crippen LogP contribution in [-0.4, -0.2) is 22.7 Å². The van der Waals surface area contributed by atoms with Gasteiger partial charge in [-0.3, -0.25) is 0 Å². The van der Waals surface area contributed by atoms with Crippen molar-refractivity contribution >= 4 is 11.8 Å². The molecule has 1 N–H and O–H groups in total. The zero-order chi connectivity index (χ0) is 7.11. The van der Waals surface area contributed by atoms with Crippen LogP contribution in [-0.2, 0) is 0 Å². The van der Waals surface area contributed by atoms with E-state index in [4.69, 9.17) is 5.11 Å². The van der Waals surface area contributed by atoms with Crippen molar-refractivity contribution < 1.29 is 5.11 Å². The second kappa shape index (κ2) is 6.17. The SMILES string of the molecule is C=CCSC[C@@H](O)CC. The maximum Gasteiger partial charge on any atom is 0.0628 e. The van der Waals surface area contributed by atoms with Crippen LogP contribution in [0.2, 0.25) is 0 Å². The molecule has 0 aromatic heterocycles. The van der Waals surface area contributed by atoms with Crippen molar-refractivity contribution in [1.82, 2.24) is 0 Å². The standard InChI is InChI=1S/C7H14OS/c1-3-5-9-6-7(8)4-2/h3,7-8H,1,4-6H2,2H3/t7-/m0/s1. The van der Waals surface area contributed by atoms with Crippen LogP contribution in [0.5, 0.6) is 0 Å². The van der Waals surface area contributed by atoms with Crippen LogP contribution >= 0.6 is 11.8 Å². The van der Waals surface area contributed by atoms with Gasteiger partial charge < -0.3 is 5.11 Å². The molecule has 0 aliphatic rings. The molecule has 1 atom stereocenters. The highest BCUT2D eigenvalue weighted by atomic mass is 32.2. The van der Waals surface area contributed by atoms with Crippen molar-refractivity contribution in [1.29, 1.82) is 0 Å². The number of hydrogen-bond acceptors (Lipinski definition) is 2. The van der Waals surface area contributed by atoms with E-state index >= 15 is 0 Å². The van der Waals surface area contributed by atoms with Crippen LogP contribution in [0.1, 0.15) is 13.3 Å². The molecule has 54 valence electrons. The van der Waals surface area contributed by atoms with Crippen molar-refractivity contribution in [3.8, 4) is 0 Å². The Balaban J connectivity index is 2.96. The van der Waals surface area contributed by atoms with Crippen LogP contribution in [0.3, 0.4) is 0 Å². The highest BCUT2D eigenvalue weighted by molar-refractivity contribution is 7.99. The lowest BCUT2D eigenvalue weighted by molar-refractivity contribution is 0.195. The Hall–Kier alpha value is 0.0500. The Kier molecular flexibility index (Phi) is 6.21. The minimum Gasteiger partial charge on any atom is -0.392 e. The number of aliphatic hydroxyl groups is 1. The Morgan fingerprint density at radius 2 is 2.44 bits per heavy atom. The molecule has 0 rings (SSSR count). The predicted molar refractivity (Wildman–Crippen MR) is 43.8 cm³/mol. The highest BCUT2D eigenvalue weighted by Crippen LogP contribution is 2.04. The maximum atomic E-state index is 9.03. The van der Waals surface area contributed by atoms with Gasteiger partial charge in [0.25, 0.3) is 0 Å². The van der Waals surface area contributed by atoms with E-state index in [2.05, 4.69) is 6.58 Å². The van der Waals surface area contributed by atoms with Crippen molar-refractivity contribution in [3.05, 3.63) is 12.7 Å². The van der Waals surface area contributed by atoms with E-state index in [9.17, 15) is 0 Å². The average Bonchev–Trinajstić information content (AvgIpc) is 1.89. The van der Waals surface area contributed by atoms with Crippen LogP contribution in [0.4, 0.5) is 0 Å². The fourth-order valence-electron chi connectivity index (χ4n) is 0.405. The largest absolute Gasteiger partial charge is 0.392 e. The van der Waals surface area contributed by atoms with Gasteiger partial charge in [-0.15, -0.1) is 6.58 Å². The van der Waals surface area contributed by atoms with Crippen molar-refractivity contribution in [2.75, 3.05) is 11.5 Å². The Bertz CT molecular complexity index is 73.3. The molecule has 0 fully saturated rings. The third-order valence-corrected chi connectivity index (χ3v) is 2.11. The van der Waals surface area contributed by atoms with Crippen LogP contribution in [0, 0.1) is 0 Å². The molecule has 9 heavy (non-hydrogen) atoms. The van der Waals surface area contributed by atoms with Gasteiger partial charge in [0, 0.05) is 11.5 Å². The van der Waals surface area contributed by atoms with E-state index in [0.29, 0.717) is 0 Å². The first-order valence-corrected chi connectivity index (χ1v) is 4.33. The van der Waals surface area contributed by atoms with E-state index in [1.807, 2.05) is 13.0 Å². The third-order valence-electron chi connectivity index (χ3n) is 1.02. The highest BCUT2D eigenvalue weighted by Gasteiger charge is 1.97. The summed E-state index contributed by atoms with van der Waals surface area (Å²) in [6.07, 6.45) is 2.58. The summed E-state index contributed by atoms with van der Waals surface area (Å²) in [6, 6.07) is 0. The molecule has 0 saturated heterocycles. The molecule has 0 unspecified atom stereocenters. The molecule has 0 amide bonds. The summed E-state index contributed by atoms with van der Waals surface area (Å²) < 4.78 is 0. The summed E-state index contributed by atoms with van der Waals surface area (Å²) in [5.74, 6) is 1.78. The van der Waals surface area contributed by atoms with Gasteiger partial charge in [-0.1, -0.05) is 13.0 Å². The molecule has 2 heteroatoms. The second-order valence-electron chi connectivity index (χ2n) is 1.89. The molecule has 0 aliphatic heterocycles. The zero-order valence-electron chi connectivity index (χ0n) is 5.84. The lowest BCUT2D eigenvalue weighted by Gasteiger charge is -2.03. The van der Waals surface area contributed by atoms with Gasteiger partial charge in [-0.25, -0.2) is 0 Å². The normalized spacial score (nSPS) is 13.1. The van der Waals surface area contributed by atoms with Crippen LogP contribution < -0.4 is 0 Å². The molecule has 0 aromatic carbocycles. The molecule has 1 nitrogen and oxygen atoms in total. The molecule has 0 heterocycles. The van der Waals surface area contributed by atoms with Crippen molar-refractivity contribution in [3.63, 3.8) is 0 Å². The Morgan fingerprint density at radius 1 is 1.78 bits per heavy atom. The minimum absolute atomic E-state index is 0.130. The lowest BCUT2D eigenvalue weighted by atomic mass is 10.3. The Labute approximate surface area is 61.2 Å². The first kappa shape index (κ1) is 9.05. The maximum absolute atomic E-state index is 9.03. The molecule has 0 aromatic rings. The summed E-state index contributed by atoms with van der Waals surface area (Å²) in [5.41, 5.74) is 0. The smallest absolute Gasteiger partial charge is 0.0628 e. The molecular formula is C7H14OS. The summed E-state index contributed by atoms with van der Waals surface area (Å²) in [4.78, 5) is 0. The summed E-state index contributed by atoms with van der Waals surface area (Å²) in [6.45, 7) is 5.57. The molecule has 0 radical (unpaired) electrons. The summed E-state index contributed by atoms with van der Waals surface area (Å²) in [5, 5.41) is 9.03. The predicted octanol–water partition coefficient (Wildman–Crippen LogP) is 1.68. The van der Waals surface area contributed by atoms with Gasteiger partial charge in [0.1, 0.15) is 0 Å². The fraction of sp³-hybridized carbons (Fsp3) is 0.714. The first-order chi connectivity index (χ1) is 4.31. The molecular weight excluding hydrogens is 132 g/mol. The second-order valence-corrected chi connectivity index (χ2v) is 2.96. The lowest BCUT2D eigenvalue weighted by Crippen LogP contribution is -2.07. The quantitative estimate of drug-likeness (QED) is 0.470. The first-order valence-electron chi connectivity index (χ1n) is 3.18. The Morgan fingerprint density at radius 3 is 2.89 bits per heavy atom. The van der Waals surface area contributed by atoms with E-state index < -0.39 is 0 Å². The van der Waals surface area contributed by atoms with Gasteiger partial charge in [0.2, 0.25) is 0 Å². The monoisotopic (exact) mass is 146 g/mol. The molecule has 0 spiro atoms. The third kappa shape index (κ3) is 5.93. The minimum atomic E-state index is -0.130. The van der Waals surface area contributed by atoms with Gasteiger partial charge in [-0.2, -0.15) is 11.8 Å². The topological polar surface area (TPSA) is 20.2 Å². The number of hydrogen-bond donors (Lipinski definition) is 1. The number of thioether (sulfide) groups is 1. The summed E-state index contributed by atoms with van der Waals surface area (Å²) in [7, 11) is 0. The number of aliphatic hydroxyl groups excluding tert-OH is 1. The van der Waals surface area contributed by atoms with E-state index in [1.54, 1.807) is 11.8 Å². The van der Waals surface area contributed by atoms with Crippen molar-refractivity contribution in [2.45, 2.75) is 19.4 Å².